The maximum absolute atomic E-state index is 12.8. The molecule has 0 amide bonds. The minimum absolute atomic E-state index is 0.0374. The van der Waals surface area contributed by atoms with Crippen LogP contribution in [0, 0.1) is 0 Å². The molecule has 0 saturated heterocycles. The molecule has 34 heavy (non-hydrogen) atoms. The van der Waals surface area contributed by atoms with Gasteiger partial charge in [0.1, 0.15) is 11.5 Å². The number of halogens is 6. The molecule has 0 saturated carbocycles. The van der Waals surface area contributed by atoms with Crippen molar-refractivity contribution in [3.8, 4) is 11.5 Å². The fourth-order valence-corrected chi connectivity index (χ4v) is 3.47. The Morgan fingerprint density at radius 1 is 0.735 bits per heavy atom. The van der Waals surface area contributed by atoms with E-state index in [9.17, 15) is 37.0 Å². The molecule has 1 atom stereocenters. The average molecular weight is 483 g/mol. The van der Waals surface area contributed by atoms with Crippen LogP contribution in [0.1, 0.15) is 22.6 Å². The molecule has 0 aromatic heterocycles. The van der Waals surface area contributed by atoms with E-state index in [4.69, 9.17) is 0 Å². The van der Waals surface area contributed by atoms with Gasteiger partial charge in [-0.1, -0.05) is 59.7 Å². The second-order valence-electron chi connectivity index (χ2n) is 6.96. The summed E-state index contributed by atoms with van der Waals surface area (Å²) in [5.41, 5.74) is 6.69. The number of benzene rings is 3. The van der Waals surface area contributed by atoms with Gasteiger partial charge in [0, 0.05) is 10.8 Å². The molecule has 0 aliphatic rings. The highest BCUT2D eigenvalue weighted by atomic mass is 19.4. The fraction of sp³-hybridized carbons (Fsp3) is 0.182. The van der Waals surface area contributed by atoms with Crippen molar-refractivity contribution in [3.05, 3.63) is 106 Å². The summed E-state index contributed by atoms with van der Waals surface area (Å²) in [6, 6.07) is 16.3. The zero-order chi connectivity index (χ0) is 25.0. The summed E-state index contributed by atoms with van der Waals surface area (Å²) >= 11 is 0. The van der Waals surface area contributed by atoms with Crippen molar-refractivity contribution in [2.45, 2.75) is 24.4 Å². The van der Waals surface area contributed by atoms with Crippen molar-refractivity contribution in [1.29, 1.82) is 0 Å². The molecule has 0 aliphatic carbocycles. The summed E-state index contributed by atoms with van der Waals surface area (Å²) in [4.78, 5) is 2.67. The minimum Gasteiger partial charge on any atom is -0.406 e. The molecular weight excluding hydrogens is 468 g/mol. The van der Waals surface area contributed by atoms with Gasteiger partial charge >= 0.3 is 12.7 Å². The van der Waals surface area contributed by atoms with Gasteiger partial charge in [-0.25, -0.2) is 0 Å². The Kier molecular flexibility index (Phi) is 6.94. The van der Waals surface area contributed by atoms with Crippen LogP contribution >= 0.6 is 0 Å². The van der Waals surface area contributed by atoms with Gasteiger partial charge in [-0.05, 0) is 46.5 Å². The van der Waals surface area contributed by atoms with Crippen LogP contribution in [0.15, 0.2) is 84.0 Å². The van der Waals surface area contributed by atoms with Crippen LogP contribution in [0.4, 0.5) is 26.3 Å². The lowest BCUT2D eigenvalue weighted by Crippen LogP contribution is -2.32. The fourth-order valence-electron chi connectivity index (χ4n) is 3.47. The van der Waals surface area contributed by atoms with E-state index >= 15 is 0 Å². The van der Waals surface area contributed by atoms with Crippen molar-refractivity contribution in [3.63, 3.8) is 0 Å². The quantitative estimate of drug-likeness (QED) is 0.174. The molecular formula is C22H15F6N3O3. The first-order chi connectivity index (χ1) is 15.9. The molecule has 0 bridgehead atoms. The molecule has 0 spiro atoms. The predicted octanol–water partition coefficient (Wildman–Crippen LogP) is 6.77. The average Bonchev–Trinajstić information content (AvgIpc) is 2.73. The van der Waals surface area contributed by atoms with Crippen LogP contribution < -0.4 is 9.47 Å². The van der Waals surface area contributed by atoms with Gasteiger partial charge in [-0.3, -0.25) is 0 Å². The number of aliphatic hydroxyl groups is 1. The van der Waals surface area contributed by atoms with Crippen molar-refractivity contribution >= 4 is 0 Å². The van der Waals surface area contributed by atoms with Crippen LogP contribution in [0.5, 0.6) is 11.5 Å². The summed E-state index contributed by atoms with van der Waals surface area (Å²) in [5, 5.41) is 15.0. The summed E-state index contributed by atoms with van der Waals surface area (Å²) in [6.07, 6.45) is -10.0. The molecule has 0 heterocycles. The van der Waals surface area contributed by atoms with Gasteiger partial charge in [0.2, 0.25) is 0 Å². The SMILES string of the molecule is [N-]=[N+]=NC(O)(c1ccccc1)C(c1cccc(OC(F)(F)F)c1)c1cccc(OC(F)(F)F)c1. The van der Waals surface area contributed by atoms with Gasteiger partial charge in [-0.2, -0.15) is 0 Å². The Morgan fingerprint density at radius 3 is 1.62 bits per heavy atom. The highest BCUT2D eigenvalue weighted by Gasteiger charge is 2.41. The van der Waals surface area contributed by atoms with Gasteiger partial charge in [-0.15, -0.1) is 26.3 Å². The number of hydrogen-bond donors (Lipinski definition) is 1. The Labute approximate surface area is 188 Å². The molecule has 1 N–H and O–H groups in total. The van der Waals surface area contributed by atoms with Gasteiger partial charge in [0.05, 0.1) is 0 Å². The van der Waals surface area contributed by atoms with E-state index in [0.717, 1.165) is 24.3 Å². The van der Waals surface area contributed by atoms with Gasteiger partial charge in [0.15, 0.2) is 5.72 Å². The predicted molar refractivity (Wildman–Crippen MR) is 108 cm³/mol. The Morgan fingerprint density at radius 2 is 1.21 bits per heavy atom. The number of hydrogen-bond acceptors (Lipinski definition) is 4. The molecule has 12 heteroatoms. The first-order valence-corrected chi connectivity index (χ1v) is 9.47. The van der Waals surface area contributed by atoms with Crippen molar-refractivity contribution in [1.82, 2.24) is 0 Å². The number of azide groups is 1. The van der Waals surface area contributed by atoms with Crippen molar-refractivity contribution in [2.24, 2.45) is 5.11 Å². The first-order valence-electron chi connectivity index (χ1n) is 9.47. The van der Waals surface area contributed by atoms with E-state index in [1.54, 1.807) is 6.07 Å². The number of nitrogens with zero attached hydrogens (tertiary/aromatic N) is 3. The smallest absolute Gasteiger partial charge is 0.406 e. The van der Waals surface area contributed by atoms with Crippen LogP contribution in [0.2, 0.25) is 0 Å². The van der Waals surface area contributed by atoms with Crippen molar-refractivity contribution in [2.75, 3.05) is 0 Å². The normalized spacial score (nSPS) is 13.6. The van der Waals surface area contributed by atoms with Crippen LogP contribution in [0.25, 0.3) is 10.4 Å². The topological polar surface area (TPSA) is 87.5 Å². The highest BCUT2D eigenvalue weighted by Crippen LogP contribution is 2.45. The van der Waals surface area contributed by atoms with Crippen LogP contribution in [-0.4, -0.2) is 17.8 Å². The molecule has 178 valence electrons. The second kappa shape index (κ2) is 9.54. The summed E-state index contributed by atoms with van der Waals surface area (Å²) in [5.74, 6) is -2.75. The number of alkyl halides is 6. The van der Waals surface area contributed by atoms with Crippen LogP contribution in [0.3, 0.4) is 0 Å². The Hall–Kier alpha value is -3.89. The van der Waals surface area contributed by atoms with Crippen molar-refractivity contribution < 1.29 is 40.9 Å². The number of ether oxygens (including phenoxy) is 2. The standard InChI is InChI=1S/C22H15F6N3O3/c23-21(24,25)33-17-10-4-6-14(12-17)19(15-7-5-11-18(13-15)34-22(26,27)28)20(32,30-31-29)16-8-2-1-3-9-16/h1-13,19,32H. The lowest BCUT2D eigenvalue weighted by Gasteiger charge is -2.34. The summed E-state index contributed by atoms with van der Waals surface area (Å²) in [6.45, 7) is 0. The zero-order valence-electron chi connectivity index (χ0n) is 17.0. The first kappa shape index (κ1) is 24.7. The molecule has 0 aliphatic heterocycles. The third kappa shape index (κ3) is 6.12. The maximum atomic E-state index is 12.8. The highest BCUT2D eigenvalue weighted by molar-refractivity contribution is 5.45. The maximum Gasteiger partial charge on any atom is 0.573 e. The Bertz CT molecular complexity index is 1120. The third-order valence-electron chi connectivity index (χ3n) is 4.65. The monoisotopic (exact) mass is 483 g/mol. The third-order valence-corrected chi connectivity index (χ3v) is 4.65. The van der Waals surface area contributed by atoms with Gasteiger partial charge < -0.3 is 14.6 Å². The van der Waals surface area contributed by atoms with E-state index in [2.05, 4.69) is 19.5 Å². The lowest BCUT2D eigenvalue weighted by atomic mass is 9.79. The molecule has 6 nitrogen and oxygen atoms in total. The molecule has 3 aromatic rings. The van der Waals surface area contributed by atoms with E-state index in [1.165, 1.54) is 48.5 Å². The van der Waals surface area contributed by atoms with E-state index < -0.39 is 35.9 Å². The van der Waals surface area contributed by atoms with E-state index in [1.807, 2.05) is 0 Å². The molecule has 3 aromatic carbocycles. The molecule has 0 radical (unpaired) electrons. The second-order valence-corrected chi connectivity index (χ2v) is 6.96. The molecule has 1 unspecified atom stereocenters. The molecule has 3 rings (SSSR count). The summed E-state index contributed by atoms with van der Waals surface area (Å²) < 4.78 is 84.5. The molecule has 0 fully saturated rings. The zero-order valence-corrected chi connectivity index (χ0v) is 17.0. The largest absolute Gasteiger partial charge is 0.573 e. The number of rotatable bonds is 7. The minimum atomic E-state index is -5.02. The Balaban J connectivity index is 2.24. The van der Waals surface area contributed by atoms with Gasteiger partial charge in [0.25, 0.3) is 0 Å². The van der Waals surface area contributed by atoms with E-state index in [-0.39, 0.29) is 16.7 Å². The summed E-state index contributed by atoms with van der Waals surface area (Å²) in [7, 11) is 0. The lowest BCUT2D eigenvalue weighted by molar-refractivity contribution is -0.275. The van der Waals surface area contributed by atoms with E-state index in [0.29, 0.717) is 0 Å². The van der Waals surface area contributed by atoms with Crippen LogP contribution in [-0.2, 0) is 5.72 Å².